The largest absolute Gasteiger partial charge is 0.486 e. The summed E-state index contributed by atoms with van der Waals surface area (Å²) in [5, 5.41) is 7.88. The zero-order valence-corrected chi connectivity index (χ0v) is 15.1. The zero-order valence-electron chi connectivity index (χ0n) is 14.3. The Kier molecular flexibility index (Phi) is 4.28. The Bertz CT molecular complexity index is 866. The van der Waals surface area contributed by atoms with Gasteiger partial charge in [-0.2, -0.15) is 0 Å². The lowest BCUT2D eigenvalue weighted by Gasteiger charge is -2.30. The number of anilines is 1. The average molecular weight is 373 g/mol. The molecule has 1 saturated heterocycles. The van der Waals surface area contributed by atoms with Crippen molar-refractivity contribution >= 4 is 28.3 Å². The fourth-order valence-electron chi connectivity index (χ4n) is 3.07. The molecule has 0 saturated carbocycles. The van der Waals surface area contributed by atoms with E-state index >= 15 is 0 Å². The molecule has 26 heavy (non-hydrogen) atoms. The van der Waals surface area contributed by atoms with Crippen molar-refractivity contribution in [3.8, 4) is 22.8 Å². The summed E-state index contributed by atoms with van der Waals surface area (Å²) in [4.78, 5) is 29.2. The second kappa shape index (κ2) is 6.60. The molecule has 3 heterocycles. The normalized spacial score (nSPS) is 21.8. The first kappa shape index (κ1) is 16.8. The number of nitrogens with one attached hydrogen (secondary N) is 2. The lowest BCUT2D eigenvalue weighted by atomic mass is 9.81. The molecule has 1 fully saturated rings. The van der Waals surface area contributed by atoms with E-state index in [1.54, 1.807) is 6.92 Å². The molecule has 8 heteroatoms. The molecule has 1 aromatic carbocycles. The Labute approximate surface area is 154 Å². The van der Waals surface area contributed by atoms with Crippen LogP contribution in [-0.4, -0.2) is 36.6 Å². The highest BCUT2D eigenvalue weighted by atomic mass is 32.1. The van der Waals surface area contributed by atoms with E-state index in [0.717, 1.165) is 23.4 Å². The number of nitrogens with zero attached hydrogens (tertiary/aromatic N) is 1. The Balaban J connectivity index is 1.51. The molecule has 136 valence electrons. The number of hydrogen-bond acceptors (Lipinski definition) is 6. The predicted octanol–water partition coefficient (Wildman–Crippen LogP) is 2.44. The van der Waals surface area contributed by atoms with E-state index < -0.39 is 5.41 Å². The number of hydrogen-bond donors (Lipinski definition) is 2. The van der Waals surface area contributed by atoms with E-state index in [4.69, 9.17) is 9.47 Å². The first-order chi connectivity index (χ1) is 12.6. The molecule has 0 bridgehead atoms. The van der Waals surface area contributed by atoms with Gasteiger partial charge in [0.05, 0.1) is 5.69 Å². The van der Waals surface area contributed by atoms with Gasteiger partial charge in [0.25, 0.3) is 0 Å². The van der Waals surface area contributed by atoms with Crippen molar-refractivity contribution in [3.05, 3.63) is 23.6 Å². The monoisotopic (exact) mass is 373 g/mol. The van der Waals surface area contributed by atoms with Crippen LogP contribution in [-0.2, 0) is 9.59 Å². The number of rotatable bonds is 3. The van der Waals surface area contributed by atoms with Crippen LogP contribution in [0.2, 0.25) is 0 Å². The molecule has 0 spiro atoms. The lowest BCUT2D eigenvalue weighted by molar-refractivity contribution is -0.141. The first-order valence-corrected chi connectivity index (χ1v) is 9.39. The molecule has 2 aliphatic rings. The van der Waals surface area contributed by atoms with Crippen molar-refractivity contribution in [2.24, 2.45) is 5.41 Å². The van der Waals surface area contributed by atoms with Crippen molar-refractivity contribution in [1.82, 2.24) is 10.3 Å². The van der Waals surface area contributed by atoms with Gasteiger partial charge in [0.1, 0.15) is 18.6 Å². The van der Waals surface area contributed by atoms with Crippen molar-refractivity contribution in [2.75, 3.05) is 25.1 Å². The van der Waals surface area contributed by atoms with Crippen molar-refractivity contribution in [2.45, 2.75) is 19.8 Å². The van der Waals surface area contributed by atoms with Crippen LogP contribution in [0.4, 0.5) is 5.13 Å². The van der Waals surface area contributed by atoms with Crippen molar-refractivity contribution < 1.29 is 19.1 Å². The summed E-state index contributed by atoms with van der Waals surface area (Å²) < 4.78 is 11.1. The van der Waals surface area contributed by atoms with E-state index in [9.17, 15) is 9.59 Å². The Morgan fingerprint density at radius 1 is 1.31 bits per heavy atom. The van der Waals surface area contributed by atoms with Crippen LogP contribution in [0.25, 0.3) is 11.3 Å². The fraction of sp³-hybridized carbons (Fsp3) is 0.389. The van der Waals surface area contributed by atoms with Gasteiger partial charge in [0.2, 0.25) is 11.8 Å². The summed E-state index contributed by atoms with van der Waals surface area (Å²) in [6.07, 6.45) is 1.32. The molecule has 2 aliphatic heterocycles. The van der Waals surface area contributed by atoms with Gasteiger partial charge in [0, 0.05) is 17.5 Å². The first-order valence-electron chi connectivity index (χ1n) is 8.51. The Morgan fingerprint density at radius 3 is 2.92 bits per heavy atom. The van der Waals surface area contributed by atoms with E-state index in [1.807, 2.05) is 23.6 Å². The second-order valence-corrected chi connectivity index (χ2v) is 7.40. The molecular formula is C18H19N3O4S. The minimum atomic E-state index is -1.05. The summed E-state index contributed by atoms with van der Waals surface area (Å²) in [7, 11) is 0. The number of fused-ring (bicyclic) bond motifs is 1. The highest BCUT2D eigenvalue weighted by Crippen LogP contribution is 2.36. The average Bonchev–Trinajstić information content (AvgIpc) is 3.12. The van der Waals surface area contributed by atoms with E-state index in [2.05, 4.69) is 15.6 Å². The SMILES string of the molecule is CC1(C(=O)Nc2nc(-c3ccc4c(c3)OCCO4)cs2)CCCNC1=O. The highest BCUT2D eigenvalue weighted by Gasteiger charge is 2.42. The number of aromatic nitrogens is 1. The second-order valence-electron chi connectivity index (χ2n) is 6.54. The minimum absolute atomic E-state index is 0.232. The molecule has 2 N–H and O–H groups in total. The molecule has 2 amide bonds. The topological polar surface area (TPSA) is 89.6 Å². The summed E-state index contributed by atoms with van der Waals surface area (Å²) >= 11 is 1.33. The third-order valence-corrected chi connectivity index (χ3v) is 5.46. The van der Waals surface area contributed by atoms with Crippen molar-refractivity contribution in [1.29, 1.82) is 0 Å². The summed E-state index contributed by atoms with van der Waals surface area (Å²) in [6.45, 7) is 3.36. The van der Waals surface area contributed by atoms with Gasteiger partial charge in [0.15, 0.2) is 16.6 Å². The van der Waals surface area contributed by atoms with Crippen LogP contribution >= 0.6 is 11.3 Å². The maximum atomic E-state index is 12.6. The van der Waals surface area contributed by atoms with Crippen LogP contribution in [0.5, 0.6) is 11.5 Å². The quantitative estimate of drug-likeness (QED) is 0.807. The molecule has 0 radical (unpaired) electrons. The van der Waals surface area contributed by atoms with Crippen LogP contribution in [0, 0.1) is 5.41 Å². The number of carbonyl (C=O) groups excluding carboxylic acids is 2. The highest BCUT2D eigenvalue weighted by molar-refractivity contribution is 7.14. The maximum Gasteiger partial charge on any atom is 0.241 e. The smallest absolute Gasteiger partial charge is 0.241 e. The molecule has 1 unspecified atom stereocenters. The predicted molar refractivity (Wildman–Crippen MR) is 97.5 cm³/mol. The molecule has 1 atom stereocenters. The number of benzene rings is 1. The van der Waals surface area contributed by atoms with E-state index in [-0.39, 0.29) is 11.8 Å². The number of piperidine rings is 1. The van der Waals surface area contributed by atoms with Gasteiger partial charge in [-0.1, -0.05) is 0 Å². The summed E-state index contributed by atoms with van der Waals surface area (Å²) in [5.74, 6) is 0.862. The number of thiazole rings is 1. The van der Waals surface area contributed by atoms with Crippen LogP contribution in [0.1, 0.15) is 19.8 Å². The van der Waals surface area contributed by atoms with Crippen LogP contribution < -0.4 is 20.1 Å². The lowest BCUT2D eigenvalue weighted by Crippen LogP contribution is -2.50. The van der Waals surface area contributed by atoms with Gasteiger partial charge >= 0.3 is 0 Å². The zero-order chi connectivity index (χ0) is 18.1. The molecule has 4 rings (SSSR count). The third kappa shape index (κ3) is 3.01. The standard InChI is InChI=1S/C18H19N3O4S/c1-18(5-2-6-19-15(18)22)16(23)21-17-20-12(10-26-17)11-3-4-13-14(9-11)25-8-7-24-13/h3-4,9-10H,2,5-8H2,1H3,(H,19,22)(H,20,21,23). The Hall–Kier alpha value is -2.61. The van der Waals surface area contributed by atoms with Gasteiger partial charge in [-0.05, 0) is 38.0 Å². The van der Waals surface area contributed by atoms with Crippen LogP contribution in [0.15, 0.2) is 23.6 Å². The third-order valence-electron chi connectivity index (χ3n) is 4.70. The van der Waals surface area contributed by atoms with Crippen LogP contribution in [0.3, 0.4) is 0 Å². The summed E-state index contributed by atoms with van der Waals surface area (Å²) in [5.41, 5.74) is 0.564. The molecule has 7 nitrogen and oxygen atoms in total. The number of ether oxygens (including phenoxy) is 2. The fourth-order valence-corrected chi connectivity index (χ4v) is 3.79. The minimum Gasteiger partial charge on any atom is -0.486 e. The van der Waals surface area contributed by atoms with Crippen molar-refractivity contribution in [3.63, 3.8) is 0 Å². The van der Waals surface area contributed by atoms with E-state index in [0.29, 0.717) is 37.1 Å². The Morgan fingerprint density at radius 2 is 2.12 bits per heavy atom. The number of amides is 2. The molecule has 0 aliphatic carbocycles. The van der Waals surface area contributed by atoms with Gasteiger partial charge in [-0.15, -0.1) is 11.3 Å². The molecular weight excluding hydrogens is 354 g/mol. The summed E-state index contributed by atoms with van der Waals surface area (Å²) in [6, 6.07) is 5.64. The van der Waals surface area contributed by atoms with E-state index in [1.165, 1.54) is 11.3 Å². The van der Waals surface area contributed by atoms with Gasteiger partial charge in [-0.25, -0.2) is 4.98 Å². The van der Waals surface area contributed by atoms with Gasteiger partial charge in [-0.3, -0.25) is 9.59 Å². The molecule has 1 aromatic heterocycles. The number of carbonyl (C=O) groups is 2. The maximum absolute atomic E-state index is 12.6. The molecule has 2 aromatic rings. The van der Waals surface area contributed by atoms with Gasteiger partial charge < -0.3 is 20.1 Å².